The van der Waals surface area contributed by atoms with E-state index in [0.717, 1.165) is 19.3 Å². The van der Waals surface area contributed by atoms with Crippen molar-refractivity contribution in [3.05, 3.63) is 49.1 Å². The van der Waals surface area contributed by atoms with E-state index in [1.54, 1.807) is 11.9 Å². The Bertz CT molecular complexity index is 707. The maximum atomic E-state index is 12.5. The number of dihydropyridines is 1. The van der Waals surface area contributed by atoms with Crippen LogP contribution >= 0.6 is 0 Å². The molecular formula is C16H16N2O7. The predicted molar refractivity (Wildman–Crippen MR) is 83.1 cm³/mol. The Morgan fingerprint density at radius 3 is 1.92 bits per heavy atom. The van der Waals surface area contributed by atoms with Crippen LogP contribution in [0.15, 0.2) is 49.1 Å². The van der Waals surface area contributed by atoms with Crippen molar-refractivity contribution in [2.75, 3.05) is 14.2 Å². The van der Waals surface area contributed by atoms with Crippen molar-refractivity contribution in [2.45, 2.75) is 0 Å². The molecule has 0 aliphatic carbocycles. The number of hydrogen-bond donors (Lipinski definition) is 2. The third kappa shape index (κ3) is 3.03. The molecule has 0 atom stereocenters. The number of rotatable bonds is 4. The zero-order valence-corrected chi connectivity index (χ0v) is 13.5. The second kappa shape index (κ2) is 6.63. The Morgan fingerprint density at radius 2 is 1.44 bits per heavy atom. The third-order valence-electron chi connectivity index (χ3n) is 3.77. The smallest absolute Gasteiger partial charge is 0.339 e. The highest BCUT2D eigenvalue weighted by molar-refractivity contribution is 6.12. The number of nitrogens with zero attached hydrogens (tertiary/aromatic N) is 1. The van der Waals surface area contributed by atoms with E-state index in [-0.39, 0.29) is 0 Å². The van der Waals surface area contributed by atoms with E-state index in [1.165, 1.54) is 37.0 Å². The molecule has 0 unspecified atom stereocenters. The van der Waals surface area contributed by atoms with Gasteiger partial charge in [0.2, 0.25) is 10.8 Å². The van der Waals surface area contributed by atoms with Crippen molar-refractivity contribution in [3.8, 4) is 0 Å². The minimum absolute atomic E-state index is 0.966. The summed E-state index contributed by atoms with van der Waals surface area (Å²) in [6.07, 6.45) is 9.77. The summed E-state index contributed by atoms with van der Waals surface area (Å²) in [6, 6.07) is 0. The summed E-state index contributed by atoms with van der Waals surface area (Å²) in [4.78, 5) is 50.1. The van der Waals surface area contributed by atoms with E-state index >= 15 is 0 Å². The SMILES string of the molecule is COC(=O)C1(C(=O)OC(=O)C2(C(=O)O)C=CNC=C2)C=CN(C)C=C1. The average Bonchev–Trinajstić information content (AvgIpc) is 2.62. The lowest BCUT2D eigenvalue weighted by molar-refractivity contribution is -0.174. The van der Waals surface area contributed by atoms with E-state index in [9.17, 15) is 24.3 Å². The highest BCUT2D eigenvalue weighted by Gasteiger charge is 2.51. The molecule has 0 amide bonds. The molecule has 2 aliphatic heterocycles. The molecule has 9 heteroatoms. The fourth-order valence-electron chi connectivity index (χ4n) is 2.19. The molecule has 0 saturated carbocycles. The second-order valence-corrected chi connectivity index (χ2v) is 5.34. The van der Waals surface area contributed by atoms with Crippen molar-refractivity contribution in [1.82, 2.24) is 10.2 Å². The van der Waals surface area contributed by atoms with Gasteiger partial charge in [-0.2, -0.15) is 0 Å². The largest absolute Gasteiger partial charge is 0.480 e. The number of carboxylic acid groups (broad SMARTS) is 1. The zero-order valence-electron chi connectivity index (χ0n) is 13.5. The molecule has 2 heterocycles. The first-order chi connectivity index (χ1) is 11.8. The normalized spacial score (nSPS) is 19.0. The molecule has 0 saturated heterocycles. The number of nitrogens with one attached hydrogen (secondary N) is 1. The molecule has 2 rings (SSSR count). The van der Waals surface area contributed by atoms with Crippen LogP contribution < -0.4 is 5.32 Å². The molecule has 9 nitrogen and oxygen atoms in total. The van der Waals surface area contributed by atoms with Crippen LogP contribution in [-0.2, 0) is 28.7 Å². The second-order valence-electron chi connectivity index (χ2n) is 5.34. The first kappa shape index (κ1) is 18.0. The Labute approximate surface area is 142 Å². The number of esters is 3. The Hall–Kier alpha value is -3.36. The Morgan fingerprint density at radius 1 is 0.920 bits per heavy atom. The van der Waals surface area contributed by atoms with Crippen molar-refractivity contribution in [3.63, 3.8) is 0 Å². The quantitative estimate of drug-likeness (QED) is 0.529. The van der Waals surface area contributed by atoms with Gasteiger partial charge in [-0.05, 0) is 36.7 Å². The first-order valence-corrected chi connectivity index (χ1v) is 7.09. The van der Waals surface area contributed by atoms with Gasteiger partial charge in [0.25, 0.3) is 0 Å². The maximum Gasteiger partial charge on any atom is 0.339 e. The predicted octanol–water partition coefficient (Wildman–Crippen LogP) is -0.110. The van der Waals surface area contributed by atoms with E-state index in [4.69, 9.17) is 4.74 Å². The third-order valence-corrected chi connectivity index (χ3v) is 3.77. The minimum Gasteiger partial charge on any atom is -0.480 e. The highest BCUT2D eigenvalue weighted by Crippen LogP contribution is 2.32. The molecular weight excluding hydrogens is 332 g/mol. The molecule has 2 N–H and O–H groups in total. The van der Waals surface area contributed by atoms with Gasteiger partial charge < -0.3 is 24.8 Å². The molecule has 25 heavy (non-hydrogen) atoms. The summed E-state index contributed by atoms with van der Waals surface area (Å²) in [5.74, 6) is -5.10. The van der Waals surface area contributed by atoms with Gasteiger partial charge in [0.1, 0.15) is 0 Å². The van der Waals surface area contributed by atoms with Crippen LogP contribution in [0.25, 0.3) is 0 Å². The summed E-state index contributed by atoms with van der Waals surface area (Å²) < 4.78 is 9.37. The molecule has 0 bridgehead atoms. The zero-order chi connectivity index (χ0) is 18.7. The van der Waals surface area contributed by atoms with Gasteiger partial charge in [-0.25, -0.2) is 9.59 Å². The monoisotopic (exact) mass is 348 g/mol. The summed E-state index contributed by atoms with van der Waals surface area (Å²) in [5.41, 5.74) is -4.14. The fourth-order valence-corrected chi connectivity index (χ4v) is 2.19. The molecule has 0 aromatic carbocycles. The Balaban J connectivity index is 2.33. The lowest BCUT2D eigenvalue weighted by Crippen LogP contribution is -2.45. The van der Waals surface area contributed by atoms with Gasteiger partial charge in [0, 0.05) is 19.4 Å². The van der Waals surface area contributed by atoms with E-state index in [2.05, 4.69) is 10.1 Å². The fraction of sp³-hybridized carbons (Fsp3) is 0.250. The van der Waals surface area contributed by atoms with E-state index < -0.39 is 34.7 Å². The molecule has 132 valence electrons. The van der Waals surface area contributed by atoms with Crippen LogP contribution in [0.5, 0.6) is 0 Å². The highest BCUT2D eigenvalue weighted by atomic mass is 16.6. The molecule has 0 radical (unpaired) electrons. The van der Waals surface area contributed by atoms with Gasteiger partial charge in [-0.1, -0.05) is 0 Å². The van der Waals surface area contributed by atoms with Gasteiger partial charge >= 0.3 is 23.9 Å². The van der Waals surface area contributed by atoms with Gasteiger partial charge in [-0.15, -0.1) is 0 Å². The topological polar surface area (TPSA) is 122 Å². The molecule has 0 fully saturated rings. The maximum absolute atomic E-state index is 12.5. The summed E-state index contributed by atoms with van der Waals surface area (Å²) >= 11 is 0. The minimum atomic E-state index is -2.17. The Kier molecular flexibility index (Phi) is 4.77. The number of ether oxygens (including phenoxy) is 2. The first-order valence-electron chi connectivity index (χ1n) is 7.09. The van der Waals surface area contributed by atoms with Crippen LogP contribution in [0.3, 0.4) is 0 Å². The van der Waals surface area contributed by atoms with Crippen LogP contribution in [0.1, 0.15) is 0 Å². The number of carbonyl (C=O) groups excluding carboxylic acids is 3. The van der Waals surface area contributed by atoms with Crippen LogP contribution in [0, 0.1) is 10.8 Å². The van der Waals surface area contributed by atoms with Crippen molar-refractivity contribution in [1.29, 1.82) is 0 Å². The number of carboxylic acids is 1. The number of hydrogen-bond acceptors (Lipinski definition) is 8. The van der Waals surface area contributed by atoms with Crippen molar-refractivity contribution < 1.29 is 33.8 Å². The molecule has 0 spiro atoms. The van der Waals surface area contributed by atoms with Crippen LogP contribution in [0.2, 0.25) is 0 Å². The van der Waals surface area contributed by atoms with Gasteiger partial charge in [0.05, 0.1) is 7.11 Å². The van der Waals surface area contributed by atoms with E-state index in [1.807, 2.05) is 0 Å². The molecule has 0 aromatic rings. The van der Waals surface area contributed by atoms with Gasteiger partial charge in [-0.3, -0.25) is 9.59 Å². The molecule has 0 aromatic heterocycles. The standard InChI is InChI=1S/C16H16N2O7/c1-18-9-5-16(6-10-18,12(21)24-2)14(23)25-13(22)15(11(19)20)3-7-17-8-4-15/h3-10,17H,1-2H3,(H,19,20). The summed E-state index contributed by atoms with van der Waals surface area (Å²) in [6.45, 7) is 0. The average molecular weight is 348 g/mol. The molecule has 2 aliphatic rings. The number of carbonyl (C=O) groups is 4. The van der Waals surface area contributed by atoms with Crippen LogP contribution in [0.4, 0.5) is 0 Å². The summed E-state index contributed by atoms with van der Waals surface area (Å²) in [7, 11) is 2.74. The number of aliphatic carboxylic acids is 1. The van der Waals surface area contributed by atoms with Crippen LogP contribution in [-0.4, -0.2) is 48.0 Å². The van der Waals surface area contributed by atoms with Crippen molar-refractivity contribution >= 4 is 23.9 Å². The van der Waals surface area contributed by atoms with Crippen molar-refractivity contribution in [2.24, 2.45) is 10.8 Å². The summed E-state index contributed by atoms with van der Waals surface area (Å²) in [5, 5.41) is 12.0. The lowest BCUT2D eigenvalue weighted by Gasteiger charge is -2.28. The lowest BCUT2D eigenvalue weighted by atomic mass is 9.85. The van der Waals surface area contributed by atoms with Gasteiger partial charge in [0.15, 0.2) is 0 Å². The van der Waals surface area contributed by atoms with E-state index in [0.29, 0.717) is 0 Å². The number of methoxy groups -OCH3 is 1.